The average molecular weight is 295 g/mol. The van der Waals surface area contributed by atoms with Crippen LogP contribution in [0.1, 0.15) is 28.6 Å². The van der Waals surface area contributed by atoms with Crippen LogP contribution in [0.5, 0.6) is 0 Å². The van der Waals surface area contributed by atoms with Gasteiger partial charge in [0.25, 0.3) is 5.91 Å². The molecule has 7 heteroatoms. The number of cyclic esters (lactones) is 1. The summed E-state index contributed by atoms with van der Waals surface area (Å²) in [6, 6.07) is 0. The second-order valence-electron chi connectivity index (χ2n) is 5.18. The number of carbonyl (C=O) groups is 2. The zero-order chi connectivity index (χ0) is 14.1. The van der Waals surface area contributed by atoms with Gasteiger partial charge in [0.1, 0.15) is 0 Å². The molecule has 1 aromatic rings. The first kappa shape index (κ1) is 13.4. The van der Waals surface area contributed by atoms with Crippen LogP contribution in [-0.2, 0) is 9.53 Å². The summed E-state index contributed by atoms with van der Waals surface area (Å²) in [5.74, 6) is 0.360. The van der Waals surface area contributed by atoms with Gasteiger partial charge in [-0.1, -0.05) is 0 Å². The van der Waals surface area contributed by atoms with Gasteiger partial charge in [0.2, 0.25) is 0 Å². The molecule has 2 aliphatic rings. The van der Waals surface area contributed by atoms with Crippen molar-refractivity contribution >= 4 is 23.3 Å². The Morgan fingerprint density at radius 3 is 2.80 bits per heavy atom. The Hall–Kier alpha value is -1.63. The van der Waals surface area contributed by atoms with Crippen LogP contribution >= 0.6 is 11.3 Å². The Balaban J connectivity index is 1.55. The number of alkyl carbamates (subject to hydrolysis) is 1. The van der Waals surface area contributed by atoms with Crippen LogP contribution in [0.4, 0.5) is 4.79 Å². The number of hydrogen-bond donors (Lipinski definition) is 1. The molecular weight excluding hydrogens is 278 g/mol. The van der Waals surface area contributed by atoms with Crippen LogP contribution in [0.3, 0.4) is 0 Å². The second kappa shape index (κ2) is 5.40. The van der Waals surface area contributed by atoms with Crippen LogP contribution in [-0.4, -0.2) is 47.6 Å². The minimum Gasteiger partial charge on any atom is -0.434 e. The van der Waals surface area contributed by atoms with E-state index in [2.05, 4.69) is 17.2 Å². The van der Waals surface area contributed by atoms with Crippen LogP contribution in [0.25, 0.3) is 0 Å². The molecule has 6 nitrogen and oxygen atoms in total. The standard InChI is InChI=1S/C13H17N3O3S/c1-8-6-14-11(20-8)9-2-4-16(5-3-9)12(17)10-7-15-13(18)19-10/h6,9-10H,2-5,7H2,1H3,(H,15,18)/t10-/m0/s1. The monoisotopic (exact) mass is 295 g/mol. The van der Waals surface area contributed by atoms with Gasteiger partial charge in [-0.15, -0.1) is 11.3 Å². The first-order valence-corrected chi connectivity index (χ1v) is 7.61. The van der Waals surface area contributed by atoms with Crippen LogP contribution in [0.15, 0.2) is 6.20 Å². The topological polar surface area (TPSA) is 71.5 Å². The number of amides is 2. The van der Waals surface area contributed by atoms with Gasteiger partial charge in [0, 0.05) is 30.1 Å². The molecule has 0 aromatic carbocycles. The smallest absolute Gasteiger partial charge is 0.408 e. The maximum absolute atomic E-state index is 12.2. The molecule has 2 amide bonds. The summed E-state index contributed by atoms with van der Waals surface area (Å²) in [6.45, 7) is 3.75. The van der Waals surface area contributed by atoms with Gasteiger partial charge in [-0.3, -0.25) is 4.79 Å². The van der Waals surface area contributed by atoms with E-state index >= 15 is 0 Å². The first-order chi connectivity index (χ1) is 9.63. The van der Waals surface area contributed by atoms with Gasteiger partial charge >= 0.3 is 6.09 Å². The largest absolute Gasteiger partial charge is 0.434 e. The third kappa shape index (κ3) is 2.63. The summed E-state index contributed by atoms with van der Waals surface area (Å²) in [5.41, 5.74) is 0. The Morgan fingerprint density at radius 2 is 2.25 bits per heavy atom. The molecule has 0 bridgehead atoms. The van der Waals surface area contributed by atoms with Crippen LogP contribution in [0.2, 0.25) is 0 Å². The highest BCUT2D eigenvalue weighted by molar-refractivity contribution is 7.11. The number of rotatable bonds is 2. The maximum Gasteiger partial charge on any atom is 0.408 e. The molecule has 0 aliphatic carbocycles. The van der Waals surface area contributed by atoms with Crippen molar-refractivity contribution < 1.29 is 14.3 Å². The van der Waals surface area contributed by atoms with Crippen molar-refractivity contribution in [2.45, 2.75) is 31.8 Å². The minimum atomic E-state index is -0.652. The van der Waals surface area contributed by atoms with Crippen molar-refractivity contribution in [1.29, 1.82) is 0 Å². The summed E-state index contributed by atoms with van der Waals surface area (Å²) in [4.78, 5) is 30.6. The van der Waals surface area contributed by atoms with E-state index in [-0.39, 0.29) is 12.5 Å². The van der Waals surface area contributed by atoms with E-state index in [1.165, 1.54) is 9.88 Å². The van der Waals surface area contributed by atoms with Crippen LogP contribution < -0.4 is 5.32 Å². The van der Waals surface area contributed by atoms with Crippen molar-refractivity contribution in [2.75, 3.05) is 19.6 Å². The Bertz CT molecular complexity index is 523. The fourth-order valence-electron chi connectivity index (χ4n) is 2.64. The molecule has 1 N–H and O–H groups in total. The molecule has 2 aliphatic heterocycles. The Morgan fingerprint density at radius 1 is 1.50 bits per heavy atom. The third-order valence-corrected chi connectivity index (χ3v) is 4.83. The molecule has 1 atom stereocenters. The lowest BCUT2D eigenvalue weighted by Crippen LogP contribution is -2.44. The quantitative estimate of drug-likeness (QED) is 0.892. The Labute approximate surface area is 121 Å². The van der Waals surface area contributed by atoms with Gasteiger partial charge in [0.05, 0.1) is 11.6 Å². The lowest BCUT2D eigenvalue weighted by molar-refractivity contribution is -0.139. The molecule has 0 spiro atoms. The average Bonchev–Trinajstić information content (AvgIpc) is 3.07. The van der Waals surface area contributed by atoms with E-state index in [9.17, 15) is 9.59 Å². The van der Waals surface area contributed by atoms with Crippen molar-refractivity contribution in [2.24, 2.45) is 0 Å². The fraction of sp³-hybridized carbons (Fsp3) is 0.615. The van der Waals surface area contributed by atoms with Crippen molar-refractivity contribution in [3.05, 3.63) is 16.1 Å². The number of aryl methyl sites for hydroxylation is 1. The highest BCUT2D eigenvalue weighted by Crippen LogP contribution is 2.31. The zero-order valence-corrected chi connectivity index (χ0v) is 12.1. The predicted octanol–water partition coefficient (Wildman–Crippen LogP) is 1.27. The maximum atomic E-state index is 12.2. The third-order valence-electron chi connectivity index (χ3n) is 3.75. The molecule has 3 heterocycles. The SMILES string of the molecule is Cc1cnc(C2CCN(C(=O)[C@@H]3CNC(=O)O3)CC2)s1. The van der Waals surface area contributed by atoms with Gasteiger partial charge < -0.3 is 15.0 Å². The molecule has 0 radical (unpaired) electrons. The summed E-state index contributed by atoms with van der Waals surface area (Å²) in [5, 5.41) is 3.68. The van der Waals surface area contributed by atoms with Gasteiger partial charge in [-0.2, -0.15) is 0 Å². The number of hydrogen-bond acceptors (Lipinski definition) is 5. The fourth-order valence-corrected chi connectivity index (χ4v) is 3.58. The molecule has 0 saturated carbocycles. The summed E-state index contributed by atoms with van der Waals surface area (Å²) in [7, 11) is 0. The first-order valence-electron chi connectivity index (χ1n) is 6.79. The van der Waals surface area contributed by atoms with Gasteiger partial charge in [-0.05, 0) is 19.8 Å². The molecule has 3 rings (SSSR count). The summed E-state index contributed by atoms with van der Waals surface area (Å²) in [6.07, 6.45) is 2.60. The number of nitrogens with one attached hydrogen (secondary N) is 1. The van der Waals surface area contributed by atoms with E-state index in [1.807, 2.05) is 6.20 Å². The molecule has 1 aromatic heterocycles. The molecule has 0 unspecified atom stereocenters. The van der Waals surface area contributed by atoms with Gasteiger partial charge in [0.15, 0.2) is 6.10 Å². The lowest BCUT2D eigenvalue weighted by Gasteiger charge is -2.32. The number of thiazole rings is 1. The highest BCUT2D eigenvalue weighted by Gasteiger charge is 2.35. The summed E-state index contributed by atoms with van der Waals surface area (Å²) < 4.78 is 4.94. The van der Waals surface area contributed by atoms with E-state index in [1.54, 1.807) is 16.2 Å². The Kier molecular flexibility index (Phi) is 3.60. The van der Waals surface area contributed by atoms with E-state index in [0.717, 1.165) is 12.8 Å². The molecule has 20 heavy (non-hydrogen) atoms. The molecule has 2 saturated heterocycles. The van der Waals surface area contributed by atoms with Gasteiger partial charge in [-0.25, -0.2) is 9.78 Å². The predicted molar refractivity (Wildman–Crippen MR) is 73.7 cm³/mol. The van der Waals surface area contributed by atoms with E-state index in [4.69, 9.17) is 4.74 Å². The van der Waals surface area contributed by atoms with Crippen molar-refractivity contribution in [3.63, 3.8) is 0 Å². The van der Waals surface area contributed by atoms with Crippen molar-refractivity contribution in [1.82, 2.24) is 15.2 Å². The second-order valence-corrected chi connectivity index (χ2v) is 6.45. The van der Waals surface area contributed by atoms with Crippen LogP contribution in [0, 0.1) is 6.92 Å². The summed E-state index contributed by atoms with van der Waals surface area (Å²) >= 11 is 1.74. The zero-order valence-electron chi connectivity index (χ0n) is 11.3. The number of likely N-dealkylation sites (tertiary alicyclic amines) is 1. The number of piperidine rings is 1. The number of ether oxygens (including phenoxy) is 1. The molecule has 2 fully saturated rings. The van der Waals surface area contributed by atoms with E-state index in [0.29, 0.717) is 19.0 Å². The highest BCUT2D eigenvalue weighted by atomic mass is 32.1. The lowest BCUT2D eigenvalue weighted by atomic mass is 9.97. The number of aromatic nitrogens is 1. The van der Waals surface area contributed by atoms with E-state index < -0.39 is 12.2 Å². The molecular formula is C13H17N3O3S. The number of carbonyl (C=O) groups excluding carboxylic acids is 2. The number of nitrogens with zero attached hydrogens (tertiary/aromatic N) is 2. The van der Waals surface area contributed by atoms with Crippen molar-refractivity contribution in [3.8, 4) is 0 Å². The minimum absolute atomic E-state index is 0.0860. The molecule has 108 valence electrons. The normalized spacial score (nSPS) is 23.6.